The lowest BCUT2D eigenvalue weighted by Crippen LogP contribution is -2.54. The first-order valence-electron chi connectivity index (χ1n) is 15.7. The van der Waals surface area contributed by atoms with Gasteiger partial charge in [0.15, 0.2) is 5.78 Å². The third-order valence-electron chi connectivity index (χ3n) is 9.40. The number of benzene rings is 1. The number of carbonyl (C=O) groups is 5. The van der Waals surface area contributed by atoms with Crippen molar-refractivity contribution in [2.24, 2.45) is 11.8 Å². The van der Waals surface area contributed by atoms with Gasteiger partial charge in [-0.3, -0.25) is 24.0 Å². The molecule has 2 N–H and O–H groups in total. The highest BCUT2D eigenvalue weighted by Crippen LogP contribution is 2.34. The van der Waals surface area contributed by atoms with E-state index in [4.69, 9.17) is 0 Å². The molecule has 10 nitrogen and oxygen atoms in total. The molecule has 0 radical (unpaired) electrons. The first kappa shape index (κ1) is 30.0. The van der Waals surface area contributed by atoms with E-state index in [0.29, 0.717) is 24.9 Å². The lowest BCUT2D eigenvalue weighted by molar-refractivity contribution is -0.139. The molecule has 10 heteroatoms. The third-order valence-corrected chi connectivity index (χ3v) is 9.40. The molecule has 4 amide bonds. The lowest BCUT2D eigenvalue weighted by atomic mass is 9.96. The van der Waals surface area contributed by atoms with Gasteiger partial charge in [-0.2, -0.15) is 0 Å². The van der Waals surface area contributed by atoms with Crippen molar-refractivity contribution in [1.82, 2.24) is 20.4 Å². The fraction of sp³-hybridized carbons (Fsp3) is 0.656. The van der Waals surface area contributed by atoms with Gasteiger partial charge in [-0.15, -0.1) is 0 Å². The Kier molecular flexibility index (Phi) is 9.18. The fourth-order valence-electron chi connectivity index (χ4n) is 7.36. The van der Waals surface area contributed by atoms with Crippen LogP contribution in [0, 0.1) is 11.8 Å². The Hall–Kier alpha value is -3.43. The van der Waals surface area contributed by atoms with Crippen molar-refractivity contribution < 1.29 is 24.0 Å². The predicted molar refractivity (Wildman–Crippen MR) is 159 cm³/mol. The van der Waals surface area contributed by atoms with E-state index in [9.17, 15) is 24.0 Å². The minimum absolute atomic E-state index is 0.0599. The zero-order chi connectivity index (χ0) is 30.0. The quantitative estimate of drug-likeness (QED) is 0.464. The smallest absolute Gasteiger partial charge is 0.251 e. The number of nitrogens with zero attached hydrogens (tertiary/aromatic N) is 3. The molecule has 1 saturated carbocycles. The summed E-state index contributed by atoms with van der Waals surface area (Å²) in [7, 11) is 0. The van der Waals surface area contributed by atoms with Crippen LogP contribution in [0.2, 0.25) is 0 Å². The number of anilines is 1. The average molecular weight is 580 g/mol. The van der Waals surface area contributed by atoms with Crippen molar-refractivity contribution in [3.63, 3.8) is 0 Å². The minimum atomic E-state index is -0.780. The van der Waals surface area contributed by atoms with Gasteiger partial charge >= 0.3 is 0 Å². The topological polar surface area (TPSA) is 119 Å². The van der Waals surface area contributed by atoms with Gasteiger partial charge in [0.1, 0.15) is 18.1 Å². The van der Waals surface area contributed by atoms with E-state index < -0.39 is 24.2 Å². The van der Waals surface area contributed by atoms with Gasteiger partial charge in [-0.1, -0.05) is 26.7 Å². The highest BCUT2D eigenvalue weighted by atomic mass is 16.2. The van der Waals surface area contributed by atoms with Crippen LogP contribution in [0.3, 0.4) is 0 Å². The molecule has 42 heavy (non-hydrogen) atoms. The Balaban J connectivity index is 1.28. The predicted octanol–water partition coefficient (Wildman–Crippen LogP) is 2.51. The molecule has 228 valence electrons. The summed E-state index contributed by atoms with van der Waals surface area (Å²) in [6, 6.07) is 4.93. The van der Waals surface area contributed by atoms with Gasteiger partial charge in [0, 0.05) is 37.8 Å². The van der Waals surface area contributed by atoms with E-state index in [0.717, 1.165) is 44.5 Å². The molecule has 3 heterocycles. The molecule has 1 aliphatic carbocycles. The van der Waals surface area contributed by atoms with Crippen LogP contribution in [0.1, 0.15) is 82.5 Å². The fourth-order valence-corrected chi connectivity index (χ4v) is 7.36. The van der Waals surface area contributed by atoms with Crippen LogP contribution < -0.4 is 15.5 Å². The zero-order valence-corrected chi connectivity index (χ0v) is 25.1. The SMILES string of the molecule is CC(=O)NC(C(=O)N1CC(=O)C2C1CCN2C(=O)C(CC(C)C)NC(=O)c1ccc(N2CCCC2)cc1)C1CCCC1. The van der Waals surface area contributed by atoms with Gasteiger partial charge in [0.25, 0.3) is 5.91 Å². The van der Waals surface area contributed by atoms with Crippen molar-refractivity contribution in [3.05, 3.63) is 29.8 Å². The van der Waals surface area contributed by atoms with E-state index in [1.807, 2.05) is 26.0 Å². The van der Waals surface area contributed by atoms with Crippen LogP contribution in [-0.4, -0.2) is 89.6 Å². The largest absolute Gasteiger partial charge is 0.372 e. The van der Waals surface area contributed by atoms with Crippen molar-refractivity contribution in [1.29, 1.82) is 0 Å². The molecule has 0 spiro atoms. The molecule has 4 fully saturated rings. The summed E-state index contributed by atoms with van der Waals surface area (Å²) < 4.78 is 0. The maximum Gasteiger partial charge on any atom is 0.251 e. The molecule has 1 aromatic carbocycles. The van der Waals surface area contributed by atoms with E-state index in [-0.39, 0.29) is 47.8 Å². The summed E-state index contributed by atoms with van der Waals surface area (Å²) in [5.41, 5.74) is 1.58. The van der Waals surface area contributed by atoms with Crippen LogP contribution in [0.5, 0.6) is 0 Å². The lowest BCUT2D eigenvalue weighted by Gasteiger charge is -2.31. The zero-order valence-electron chi connectivity index (χ0n) is 25.1. The number of hydrogen-bond donors (Lipinski definition) is 2. The van der Waals surface area contributed by atoms with E-state index in [2.05, 4.69) is 15.5 Å². The summed E-state index contributed by atoms with van der Waals surface area (Å²) in [6.07, 6.45) is 7.05. The van der Waals surface area contributed by atoms with Crippen LogP contribution in [0.15, 0.2) is 24.3 Å². The van der Waals surface area contributed by atoms with Crippen molar-refractivity contribution >= 4 is 35.1 Å². The van der Waals surface area contributed by atoms with E-state index in [1.54, 1.807) is 21.9 Å². The van der Waals surface area contributed by atoms with Gasteiger partial charge in [-0.05, 0) is 74.6 Å². The van der Waals surface area contributed by atoms with E-state index >= 15 is 0 Å². The third kappa shape index (κ3) is 6.32. The molecule has 0 aromatic heterocycles. The molecule has 4 aliphatic rings. The minimum Gasteiger partial charge on any atom is -0.372 e. The molecular formula is C32H45N5O5. The molecule has 3 saturated heterocycles. The van der Waals surface area contributed by atoms with Crippen LogP contribution >= 0.6 is 0 Å². The molecule has 0 bridgehead atoms. The number of fused-ring (bicyclic) bond motifs is 1. The summed E-state index contributed by atoms with van der Waals surface area (Å²) in [4.78, 5) is 71.6. The highest BCUT2D eigenvalue weighted by molar-refractivity contribution is 6.01. The van der Waals surface area contributed by atoms with Crippen molar-refractivity contribution in [2.45, 2.75) is 96.3 Å². The number of nitrogens with one attached hydrogen (secondary N) is 2. The number of rotatable bonds is 9. The van der Waals surface area contributed by atoms with Crippen LogP contribution in [0.4, 0.5) is 5.69 Å². The summed E-state index contributed by atoms with van der Waals surface area (Å²) in [6.45, 7) is 7.72. The second-order valence-electron chi connectivity index (χ2n) is 12.9. The molecule has 5 rings (SSSR count). The molecule has 4 atom stereocenters. The Morgan fingerprint density at radius 1 is 0.857 bits per heavy atom. The number of hydrogen-bond acceptors (Lipinski definition) is 6. The van der Waals surface area contributed by atoms with Crippen molar-refractivity contribution in [2.75, 3.05) is 31.1 Å². The number of Topliss-reactive ketones (excluding diaryl/α,β-unsaturated/α-hetero) is 1. The first-order chi connectivity index (χ1) is 20.1. The molecule has 4 unspecified atom stereocenters. The monoisotopic (exact) mass is 579 g/mol. The standard InChI is InChI=1S/C32H45N5O5/c1-20(2)18-25(34-30(40)23-10-12-24(13-11-23)35-15-6-7-16-35)31(41)36-17-14-26-29(36)27(39)19-37(26)32(42)28(33-21(3)38)22-8-4-5-9-22/h10-13,20,22,25-26,28-29H,4-9,14-19H2,1-3H3,(H,33,38)(H,34,40). The maximum absolute atomic E-state index is 13.9. The Morgan fingerprint density at radius 2 is 1.52 bits per heavy atom. The first-order valence-corrected chi connectivity index (χ1v) is 15.7. The van der Waals surface area contributed by atoms with Gasteiger partial charge < -0.3 is 25.3 Å². The number of ketones is 1. The van der Waals surface area contributed by atoms with E-state index in [1.165, 1.54) is 19.8 Å². The van der Waals surface area contributed by atoms with Crippen LogP contribution in [-0.2, 0) is 19.2 Å². The molecule has 3 aliphatic heterocycles. The Labute approximate surface area is 248 Å². The maximum atomic E-state index is 13.9. The second kappa shape index (κ2) is 12.8. The highest BCUT2D eigenvalue weighted by Gasteiger charge is 2.53. The summed E-state index contributed by atoms with van der Waals surface area (Å²) >= 11 is 0. The number of amides is 4. The van der Waals surface area contributed by atoms with Gasteiger partial charge in [-0.25, -0.2) is 0 Å². The average Bonchev–Trinajstić information content (AvgIpc) is 3.77. The summed E-state index contributed by atoms with van der Waals surface area (Å²) in [5, 5.41) is 5.80. The second-order valence-corrected chi connectivity index (χ2v) is 12.9. The summed E-state index contributed by atoms with van der Waals surface area (Å²) in [5.74, 6) is -1.06. The number of likely N-dealkylation sites (tertiary alicyclic amines) is 2. The Morgan fingerprint density at radius 3 is 2.14 bits per heavy atom. The number of carbonyl (C=O) groups excluding carboxylic acids is 5. The van der Waals surface area contributed by atoms with Gasteiger partial charge in [0.2, 0.25) is 17.7 Å². The Bertz CT molecular complexity index is 1190. The van der Waals surface area contributed by atoms with Gasteiger partial charge in [0.05, 0.1) is 12.6 Å². The van der Waals surface area contributed by atoms with Crippen molar-refractivity contribution in [3.8, 4) is 0 Å². The normalized spacial score (nSPS) is 23.8. The van der Waals surface area contributed by atoms with Crippen LogP contribution in [0.25, 0.3) is 0 Å². The molecular weight excluding hydrogens is 534 g/mol. The molecule has 1 aromatic rings.